The maximum Gasteiger partial charge on any atom is 0.333 e. The first-order valence-corrected chi connectivity index (χ1v) is 15.1. The van der Waals surface area contributed by atoms with Gasteiger partial charge >= 0.3 is 11.7 Å². The highest BCUT2D eigenvalue weighted by Gasteiger charge is 2.40. The fourth-order valence-corrected chi connectivity index (χ4v) is 8.04. The number of carbonyl (C=O) groups is 1. The number of nitrogens with zero attached hydrogens (tertiary/aromatic N) is 3. The van der Waals surface area contributed by atoms with Crippen LogP contribution in [0.25, 0.3) is 21.0 Å². The molecular weight excluding hydrogens is 558 g/mol. The predicted molar refractivity (Wildman–Crippen MR) is 158 cm³/mol. The number of carboxylic acid groups (broad SMARTS) is 1. The predicted octanol–water partition coefficient (Wildman–Crippen LogP) is 5.35. The number of rotatable bonds is 9. The van der Waals surface area contributed by atoms with Gasteiger partial charge in [0.2, 0.25) is 5.89 Å². The molecule has 0 spiro atoms. The van der Waals surface area contributed by atoms with E-state index in [1.54, 1.807) is 14.0 Å². The molecule has 4 aromatic rings. The molecular formula is C31H35N3O7S. The van der Waals surface area contributed by atoms with E-state index in [0.29, 0.717) is 38.7 Å². The number of hydrogen-bond acceptors (Lipinski definition) is 8. The van der Waals surface area contributed by atoms with Crippen LogP contribution >= 0.6 is 11.3 Å². The number of aromatic nitrogens is 3. The average Bonchev–Trinajstić information content (AvgIpc) is 3.75. The molecule has 3 aromatic heterocycles. The van der Waals surface area contributed by atoms with Crippen LogP contribution in [0.3, 0.4) is 0 Å². The normalized spacial score (nSPS) is 21.1. The van der Waals surface area contributed by atoms with E-state index < -0.39 is 28.9 Å². The zero-order valence-corrected chi connectivity index (χ0v) is 25.0. The van der Waals surface area contributed by atoms with Crippen molar-refractivity contribution in [2.24, 2.45) is 11.8 Å². The quantitative estimate of drug-likeness (QED) is 0.275. The lowest BCUT2D eigenvalue weighted by Crippen LogP contribution is -2.52. The molecule has 11 heteroatoms. The molecule has 0 bridgehead atoms. The number of carboxylic acids is 1. The van der Waals surface area contributed by atoms with E-state index in [-0.39, 0.29) is 18.0 Å². The van der Waals surface area contributed by atoms with Crippen LogP contribution in [0, 0.1) is 18.8 Å². The van der Waals surface area contributed by atoms with E-state index in [9.17, 15) is 19.5 Å². The van der Waals surface area contributed by atoms with Crippen molar-refractivity contribution in [2.45, 2.75) is 77.2 Å². The van der Waals surface area contributed by atoms with Crippen LogP contribution in [0.15, 0.2) is 50.7 Å². The SMILES string of the molecule is COc1ccccc1[C@@H](Cn1c(=O)n(C(C)(C)C(=O)O)c(=O)c2c(C)c(-c3ncco3)sc21)OC1C[C@H]2CCC[C@H]2C1. The summed E-state index contributed by atoms with van der Waals surface area (Å²) in [6.45, 7) is 4.54. The smallest absolute Gasteiger partial charge is 0.333 e. The Morgan fingerprint density at radius 2 is 1.93 bits per heavy atom. The molecule has 2 fully saturated rings. The van der Waals surface area contributed by atoms with Gasteiger partial charge in [0.1, 0.15) is 28.5 Å². The van der Waals surface area contributed by atoms with Gasteiger partial charge in [0.15, 0.2) is 0 Å². The van der Waals surface area contributed by atoms with E-state index in [0.717, 1.165) is 23.0 Å². The molecule has 42 heavy (non-hydrogen) atoms. The van der Waals surface area contributed by atoms with Gasteiger partial charge in [0.25, 0.3) is 5.56 Å². The van der Waals surface area contributed by atoms with Gasteiger partial charge in [0, 0.05) is 5.56 Å². The van der Waals surface area contributed by atoms with E-state index >= 15 is 0 Å². The molecule has 0 amide bonds. The van der Waals surface area contributed by atoms with Crippen molar-refractivity contribution < 1.29 is 23.8 Å². The minimum absolute atomic E-state index is 0.0238. The van der Waals surface area contributed by atoms with Gasteiger partial charge in [-0.2, -0.15) is 0 Å². The van der Waals surface area contributed by atoms with Gasteiger partial charge in [-0.15, -0.1) is 11.3 Å². The third kappa shape index (κ3) is 4.68. The van der Waals surface area contributed by atoms with Crippen LogP contribution < -0.4 is 16.0 Å². The molecule has 4 atom stereocenters. The maximum absolute atomic E-state index is 14.2. The summed E-state index contributed by atoms with van der Waals surface area (Å²) in [5, 5.41) is 10.3. The number of thiophene rings is 1. The summed E-state index contributed by atoms with van der Waals surface area (Å²) in [5.41, 5.74) is -1.82. The van der Waals surface area contributed by atoms with E-state index in [2.05, 4.69) is 4.98 Å². The van der Waals surface area contributed by atoms with Crippen molar-refractivity contribution in [3.63, 3.8) is 0 Å². The minimum atomic E-state index is -1.80. The Hall–Kier alpha value is -3.70. The van der Waals surface area contributed by atoms with Crippen LogP contribution in [0.5, 0.6) is 5.75 Å². The number of methoxy groups -OCH3 is 1. The monoisotopic (exact) mass is 593 g/mol. The second-order valence-electron chi connectivity index (χ2n) is 11.9. The minimum Gasteiger partial charge on any atom is -0.496 e. The molecule has 3 heterocycles. The lowest BCUT2D eigenvalue weighted by atomic mass is 10.0. The summed E-state index contributed by atoms with van der Waals surface area (Å²) in [4.78, 5) is 45.7. The Labute approximate surface area is 246 Å². The van der Waals surface area contributed by atoms with Crippen LogP contribution in [0.2, 0.25) is 0 Å². The molecule has 1 aromatic carbocycles. The molecule has 10 nitrogen and oxygen atoms in total. The maximum atomic E-state index is 14.2. The van der Waals surface area contributed by atoms with Crippen molar-refractivity contribution >= 4 is 27.5 Å². The van der Waals surface area contributed by atoms with E-state index in [4.69, 9.17) is 13.9 Å². The Morgan fingerprint density at radius 1 is 1.21 bits per heavy atom. The molecule has 0 aliphatic heterocycles. The van der Waals surface area contributed by atoms with Crippen LogP contribution in [0.1, 0.15) is 63.2 Å². The highest BCUT2D eigenvalue weighted by atomic mass is 32.1. The molecule has 0 saturated heterocycles. The van der Waals surface area contributed by atoms with Gasteiger partial charge in [-0.3, -0.25) is 9.36 Å². The second kappa shape index (κ2) is 10.9. The van der Waals surface area contributed by atoms with Crippen molar-refractivity contribution in [3.05, 3.63) is 68.7 Å². The first kappa shape index (κ1) is 28.4. The van der Waals surface area contributed by atoms with Crippen LogP contribution in [-0.4, -0.2) is 38.4 Å². The summed E-state index contributed by atoms with van der Waals surface area (Å²) in [6.07, 6.45) is 8.04. The summed E-state index contributed by atoms with van der Waals surface area (Å²) < 4.78 is 20.4. The van der Waals surface area contributed by atoms with E-state index in [1.165, 1.54) is 61.5 Å². The molecule has 0 radical (unpaired) electrons. The van der Waals surface area contributed by atoms with Crippen molar-refractivity contribution in [2.75, 3.05) is 7.11 Å². The largest absolute Gasteiger partial charge is 0.496 e. The summed E-state index contributed by atoms with van der Waals surface area (Å²) in [7, 11) is 1.60. The number of oxazole rings is 1. The zero-order valence-electron chi connectivity index (χ0n) is 24.2. The standard InChI is InChI=1S/C31H35N3O7S/c1-17-24-27(35)34(31(2,3)29(36)37)30(38)33(28(24)42-25(17)26-32-12-13-40-26)16-23(21-10-5-6-11-22(21)39-4)41-20-14-18-8-7-9-19(18)15-20/h5-6,10-13,18-20,23H,7-9,14-16H2,1-4H3,(H,36,37)/t18-,19+,20?,23-/m1/s1. The van der Waals surface area contributed by atoms with Crippen LogP contribution in [0.4, 0.5) is 0 Å². The number of hydrogen-bond donors (Lipinski definition) is 1. The molecule has 222 valence electrons. The fourth-order valence-electron chi connectivity index (χ4n) is 6.80. The molecule has 1 unspecified atom stereocenters. The lowest BCUT2D eigenvalue weighted by molar-refractivity contribution is -0.146. The van der Waals surface area contributed by atoms with Gasteiger partial charge in [-0.25, -0.2) is 19.1 Å². The zero-order chi connectivity index (χ0) is 29.8. The summed E-state index contributed by atoms with van der Waals surface area (Å²) in [5.74, 6) is 0.982. The molecule has 6 rings (SSSR count). The lowest BCUT2D eigenvalue weighted by Gasteiger charge is -2.27. The first-order valence-electron chi connectivity index (χ1n) is 14.3. The third-order valence-electron chi connectivity index (χ3n) is 9.06. The Kier molecular flexibility index (Phi) is 7.34. The average molecular weight is 594 g/mol. The first-order chi connectivity index (χ1) is 20.1. The van der Waals surface area contributed by atoms with Crippen LogP contribution in [-0.2, 0) is 21.6 Å². The fraction of sp³-hybridized carbons (Fsp3) is 0.484. The van der Waals surface area contributed by atoms with Gasteiger partial charge < -0.3 is 19.0 Å². The van der Waals surface area contributed by atoms with Crippen molar-refractivity contribution in [1.82, 2.24) is 14.1 Å². The van der Waals surface area contributed by atoms with Crippen molar-refractivity contribution in [1.29, 1.82) is 0 Å². The van der Waals surface area contributed by atoms with Gasteiger partial charge in [-0.05, 0) is 57.1 Å². The van der Waals surface area contributed by atoms with Gasteiger partial charge in [-0.1, -0.05) is 37.5 Å². The Morgan fingerprint density at radius 3 is 2.57 bits per heavy atom. The third-order valence-corrected chi connectivity index (χ3v) is 10.4. The number of fused-ring (bicyclic) bond motifs is 2. The Bertz CT molecular complexity index is 1740. The molecule has 2 aliphatic carbocycles. The van der Waals surface area contributed by atoms with Gasteiger partial charge in [0.05, 0.1) is 36.2 Å². The topological polar surface area (TPSA) is 126 Å². The second-order valence-corrected chi connectivity index (χ2v) is 12.9. The number of aryl methyl sites for hydroxylation is 1. The highest BCUT2D eigenvalue weighted by molar-refractivity contribution is 7.22. The molecule has 2 aliphatic rings. The summed E-state index contributed by atoms with van der Waals surface area (Å²) in [6, 6.07) is 7.57. The number of para-hydroxylation sites is 1. The Balaban J connectivity index is 1.54. The summed E-state index contributed by atoms with van der Waals surface area (Å²) >= 11 is 1.23. The molecule has 2 saturated carbocycles. The number of aliphatic carboxylic acids is 1. The van der Waals surface area contributed by atoms with E-state index in [1.807, 2.05) is 24.3 Å². The van der Waals surface area contributed by atoms with Crippen molar-refractivity contribution in [3.8, 4) is 16.5 Å². The number of ether oxygens (including phenoxy) is 2. The molecule has 1 N–H and O–H groups in total. The number of benzene rings is 1. The highest BCUT2D eigenvalue weighted by Crippen LogP contribution is 2.46.